The highest BCUT2D eigenvalue weighted by Gasteiger charge is 2.37. The standard InChI is InChI=1S/C23H24F2N2O5S/c24-17-6-9-19(25)20(14-17)33(30,31)27-12-10-16(11-13-27)23(29)32-21(15-4-2-1-3-5-15)22(28)26-18-7-8-18/h1-6,9,14,16,18,21H,7-8,10-13H2,(H,26,28)/t21-/m1/s1. The van der Waals surface area contributed by atoms with Gasteiger partial charge in [0.15, 0.2) is 0 Å². The first-order valence-electron chi connectivity index (χ1n) is 10.8. The van der Waals surface area contributed by atoms with E-state index < -0.39 is 50.5 Å². The van der Waals surface area contributed by atoms with Crippen molar-refractivity contribution in [2.45, 2.75) is 42.7 Å². The van der Waals surface area contributed by atoms with Crippen LogP contribution in [0.4, 0.5) is 8.78 Å². The molecule has 1 saturated heterocycles. The lowest BCUT2D eigenvalue weighted by atomic mass is 9.98. The molecule has 1 saturated carbocycles. The lowest BCUT2D eigenvalue weighted by Gasteiger charge is -2.31. The number of hydrogen-bond acceptors (Lipinski definition) is 5. The average molecular weight is 479 g/mol. The molecule has 0 spiro atoms. The van der Waals surface area contributed by atoms with E-state index >= 15 is 0 Å². The Bertz CT molecular complexity index is 1130. The van der Waals surface area contributed by atoms with Gasteiger partial charge in [-0.05, 0) is 43.9 Å². The van der Waals surface area contributed by atoms with Gasteiger partial charge in [0, 0.05) is 24.7 Å². The summed E-state index contributed by atoms with van der Waals surface area (Å²) >= 11 is 0. The van der Waals surface area contributed by atoms with Crippen LogP contribution in [0.2, 0.25) is 0 Å². The molecule has 0 bridgehead atoms. The Labute approximate surface area is 190 Å². The van der Waals surface area contributed by atoms with Gasteiger partial charge < -0.3 is 10.1 Å². The highest BCUT2D eigenvalue weighted by Crippen LogP contribution is 2.29. The maximum Gasteiger partial charge on any atom is 0.310 e. The third kappa shape index (κ3) is 5.39. The van der Waals surface area contributed by atoms with Crippen molar-refractivity contribution < 1.29 is 31.5 Å². The maximum absolute atomic E-state index is 14.0. The minimum Gasteiger partial charge on any atom is -0.447 e. The van der Waals surface area contributed by atoms with E-state index in [0.29, 0.717) is 11.6 Å². The number of nitrogens with zero attached hydrogens (tertiary/aromatic N) is 1. The van der Waals surface area contributed by atoms with Gasteiger partial charge in [0.2, 0.25) is 16.1 Å². The van der Waals surface area contributed by atoms with Crippen LogP contribution in [0, 0.1) is 17.6 Å². The predicted octanol–water partition coefficient (Wildman–Crippen LogP) is 2.93. The number of esters is 1. The largest absolute Gasteiger partial charge is 0.447 e. The number of ether oxygens (including phenoxy) is 1. The van der Waals surface area contributed by atoms with Crippen LogP contribution in [0.25, 0.3) is 0 Å². The lowest BCUT2D eigenvalue weighted by molar-refractivity contribution is -0.161. The molecule has 0 aromatic heterocycles. The summed E-state index contributed by atoms with van der Waals surface area (Å²) in [5, 5.41) is 2.85. The zero-order valence-electron chi connectivity index (χ0n) is 17.7. The summed E-state index contributed by atoms with van der Waals surface area (Å²) in [7, 11) is -4.25. The summed E-state index contributed by atoms with van der Waals surface area (Å²) in [6, 6.07) is 11.0. The molecule has 1 aliphatic carbocycles. The van der Waals surface area contributed by atoms with Crippen molar-refractivity contribution in [3.05, 3.63) is 65.7 Å². The monoisotopic (exact) mass is 478 g/mol. The van der Waals surface area contributed by atoms with Crippen molar-refractivity contribution >= 4 is 21.9 Å². The second kappa shape index (κ2) is 9.56. The number of piperidine rings is 1. The van der Waals surface area contributed by atoms with Crippen LogP contribution in [0.5, 0.6) is 0 Å². The van der Waals surface area contributed by atoms with Gasteiger partial charge in [-0.3, -0.25) is 9.59 Å². The molecular formula is C23H24F2N2O5S. The molecule has 10 heteroatoms. The minimum atomic E-state index is -4.25. The van der Waals surface area contributed by atoms with Crippen molar-refractivity contribution in [1.82, 2.24) is 9.62 Å². The molecule has 1 atom stereocenters. The van der Waals surface area contributed by atoms with Crippen LogP contribution in [0.1, 0.15) is 37.4 Å². The smallest absolute Gasteiger partial charge is 0.310 e. The van der Waals surface area contributed by atoms with Gasteiger partial charge in [-0.2, -0.15) is 4.31 Å². The first-order chi connectivity index (χ1) is 15.8. The number of benzene rings is 2. The Hall–Kier alpha value is -2.85. The van der Waals surface area contributed by atoms with Crippen LogP contribution < -0.4 is 5.32 Å². The summed E-state index contributed by atoms with van der Waals surface area (Å²) < 4.78 is 59.6. The van der Waals surface area contributed by atoms with E-state index in [-0.39, 0.29) is 32.0 Å². The maximum atomic E-state index is 14.0. The number of sulfonamides is 1. The predicted molar refractivity (Wildman–Crippen MR) is 114 cm³/mol. The molecule has 0 unspecified atom stereocenters. The molecule has 2 aromatic carbocycles. The number of halogens is 2. The van der Waals surface area contributed by atoms with Gasteiger partial charge in [-0.1, -0.05) is 30.3 Å². The van der Waals surface area contributed by atoms with E-state index in [1.807, 2.05) is 0 Å². The quantitative estimate of drug-likeness (QED) is 0.618. The van der Waals surface area contributed by atoms with Gasteiger partial charge >= 0.3 is 5.97 Å². The van der Waals surface area contributed by atoms with E-state index in [0.717, 1.165) is 29.3 Å². The zero-order valence-corrected chi connectivity index (χ0v) is 18.6. The molecule has 1 heterocycles. The first-order valence-corrected chi connectivity index (χ1v) is 12.2. The lowest BCUT2D eigenvalue weighted by Crippen LogP contribution is -2.42. The Balaban J connectivity index is 1.41. The summed E-state index contributed by atoms with van der Waals surface area (Å²) in [5.74, 6) is -3.49. The number of carbonyl (C=O) groups is 2. The molecule has 2 fully saturated rings. The molecule has 0 radical (unpaired) electrons. The Morgan fingerprint density at radius 1 is 1.00 bits per heavy atom. The van der Waals surface area contributed by atoms with Gasteiger partial charge in [0.25, 0.3) is 5.91 Å². The SMILES string of the molecule is O=C(O[C@@H](C(=O)NC1CC1)c1ccccc1)C1CCN(S(=O)(=O)c2cc(F)ccc2F)CC1. The van der Waals surface area contributed by atoms with Crippen LogP contribution in [0.3, 0.4) is 0 Å². The van der Waals surface area contributed by atoms with Crippen molar-refractivity contribution in [3.8, 4) is 0 Å². The van der Waals surface area contributed by atoms with Gasteiger partial charge in [-0.15, -0.1) is 0 Å². The molecule has 2 aromatic rings. The summed E-state index contributed by atoms with van der Waals surface area (Å²) in [4.78, 5) is 24.8. The number of carbonyl (C=O) groups excluding carboxylic acids is 2. The van der Waals surface area contributed by atoms with Crippen LogP contribution in [-0.2, 0) is 24.3 Å². The van der Waals surface area contributed by atoms with Gasteiger partial charge in [0.1, 0.15) is 16.5 Å². The fourth-order valence-electron chi connectivity index (χ4n) is 3.76. The zero-order chi connectivity index (χ0) is 23.6. The van der Waals surface area contributed by atoms with Crippen molar-refractivity contribution in [3.63, 3.8) is 0 Å². The third-order valence-electron chi connectivity index (χ3n) is 5.80. The normalized spacial score (nSPS) is 18.5. The van der Waals surface area contributed by atoms with E-state index in [2.05, 4.69) is 5.32 Å². The van der Waals surface area contributed by atoms with Gasteiger partial charge in [0.05, 0.1) is 5.92 Å². The average Bonchev–Trinajstić information content (AvgIpc) is 3.63. The number of amides is 1. The van der Waals surface area contributed by atoms with Crippen LogP contribution in [0.15, 0.2) is 53.4 Å². The van der Waals surface area contributed by atoms with Crippen LogP contribution in [-0.4, -0.2) is 43.7 Å². The van der Waals surface area contributed by atoms with Crippen LogP contribution >= 0.6 is 0 Å². The number of nitrogens with one attached hydrogen (secondary N) is 1. The summed E-state index contributed by atoms with van der Waals surface area (Å²) in [5.41, 5.74) is 0.547. The second-order valence-electron chi connectivity index (χ2n) is 8.26. The molecule has 1 aliphatic heterocycles. The van der Waals surface area contributed by atoms with E-state index in [1.165, 1.54) is 0 Å². The molecule has 1 amide bonds. The number of rotatable bonds is 7. The Morgan fingerprint density at radius 2 is 1.67 bits per heavy atom. The third-order valence-corrected chi connectivity index (χ3v) is 7.71. The topological polar surface area (TPSA) is 92.8 Å². The van der Waals surface area contributed by atoms with Crippen molar-refractivity contribution in [2.24, 2.45) is 5.92 Å². The van der Waals surface area contributed by atoms with Gasteiger partial charge in [-0.25, -0.2) is 17.2 Å². The first kappa shape index (κ1) is 23.3. The molecular weight excluding hydrogens is 454 g/mol. The highest BCUT2D eigenvalue weighted by molar-refractivity contribution is 7.89. The van der Waals surface area contributed by atoms with E-state index in [1.54, 1.807) is 30.3 Å². The van der Waals surface area contributed by atoms with E-state index in [9.17, 15) is 26.8 Å². The molecule has 4 rings (SSSR count). The van der Waals surface area contributed by atoms with Crippen molar-refractivity contribution in [2.75, 3.05) is 13.1 Å². The fraction of sp³-hybridized carbons (Fsp3) is 0.391. The minimum absolute atomic E-state index is 0.0532. The molecule has 1 N–H and O–H groups in total. The molecule has 7 nitrogen and oxygen atoms in total. The van der Waals surface area contributed by atoms with E-state index in [4.69, 9.17) is 4.74 Å². The highest BCUT2D eigenvalue weighted by atomic mass is 32.2. The molecule has 176 valence electrons. The number of hydrogen-bond donors (Lipinski definition) is 1. The molecule has 33 heavy (non-hydrogen) atoms. The second-order valence-corrected chi connectivity index (χ2v) is 10.2. The Morgan fingerprint density at radius 3 is 2.30 bits per heavy atom. The Kier molecular flexibility index (Phi) is 6.76. The molecule has 2 aliphatic rings. The van der Waals surface area contributed by atoms with Crippen molar-refractivity contribution in [1.29, 1.82) is 0 Å². The fourth-order valence-corrected chi connectivity index (χ4v) is 5.31. The summed E-state index contributed by atoms with van der Waals surface area (Å²) in [6.45, 7) is -0.106. The summed E-state index contributed by atoms with van der Waals surface area (Å²) in [6.07, 6.45) is 0.962.